The van der Waals surface area contributed by atoms with Crippen LogP contribution < -0.4 is 20.9 Å². The average molecular weight is 362 g/mol. The highest BCUT2D eigenvalue weighted by Gasteiger charge is 2.35. The molecule has 0 radical (unpaired) electrons. The first-order valence-electron chi connectivity index (χ1n) is 9.39. The van der Waals surface area contributed by atoms with E-state index in [2.05, 4.69) is 40.1 Å². The molecule has 3 unspecified atom stereocenters. The molecule has 0 bridgehead atoms. The van der Waals surface area contributed by atoms with Gasteiger partial charge in [0.2, 0.25) is 5.91 Å². The number of carbonyl (C=O) groups is 1. The zero-order valence-electron chi connectivity index (χ0n) is 15.7. The molecular weight excluding hydrogens is 332 g/mol. The van der Waals surface area contributed by atoms with Gasteiger partial charge in [-0.1, -0.05) is 12.1 Å². The number of amides is 1. The van der Waals surface area contributed by atoms with E-state index < -0.39 is 0 Å². The Kier molecular flexibility index (Phi) is 6.85. The molecule has 1 aromatic rings. The molecule has 7 nitrogen and oxygen atoms in total. The van der Waals surface area contributed by atoms with Gasteiger partial charge in [-0.05, 0) is 24.6 Å². The number of carbonyl (C=O) groups excluding carboxylic acids is 1. The van der Waals surface area contributed by atoms with Gasteiger partial charge in [-0.3, -0.25) is 15.1 Å². The van der Waals surface area contributed by atoms with Crippen LogP contribution in [0.5, 0.6) is 5.75 Å². The summed E-state index contributed by atoms with van der Waals surface area (Å²) in [5.41, 5.74) is 7.77. The van der Waals surface area contributed by atoms with Crippen LogP contribution in [0.15, 0.2) is 24.3 Å². The van der Waals surface area contributed by atoms with Crippen LogP contribution in [-0.2, 0) is 9.53 Å². The minimum Gasteiger partial charge on any atom is -0.497 e. The fourth-order valence-electron chi connectivity index (χ4n) is 3.62. The number of benzene rings is 1. The van der Waals surface area contributed by atoms with E-state index in [1.807, 2.05) is 12.1 Å². The van der Waals surface area contributed by atoms with Crippen LogP contribution >= 0.6 is 0 Å². The molecule has 1 aromatic carbocycles. The van der Waals surface area contributed by atoms with Gasteiger partial charge in [-0.25, -0.2) is 5.43 Å². The fourth-order valence-corrected chi connectivity index (χ4v) is 3.62. The van der Waals surface area contributed by atoms with Crippen molar-refractivity contribution in [3.8, 4) is 5.75 Å². The second kappa shape index (κ2) is 9.32. The third-order valence-electron chi connectivity index (χ3n) is 5.29. The lowest BCUT2D eigenvalue weighted by Crippen LogP contribution is -2.41. The largest absolute Gasteiger partial charge is 0.497 e. The molecule has 26 heavy (non-hydrogen) atoms. The van der Waals surface area contributed by atoms with Crippen molar-refractivity contribution >= 4 is 5.91 Å². The smallest absolute Gasteiger partial charge is 0.220 e. The highest BCUT2D eigenvalue weighted by molar-refractivity contribution is 5.76. The van der Waals surface area contributed by atoms with Crippen LogP contribution in [0.4, 0.5) is 0 Å². The minimum absolute atomic E-state index is 0.110. The maximum atomic E-state index is 12.4. The Hall–Kier alpha value is -1.67. The first-order valence-corrected chi connectivity index (χ1v) is 9.39. The van der Waals surface area contributed by atoms with Gasteiger partial charge in [0.1, 0.15) is 5.75 Å². The van der Waals surface area contributed by atoms with E-state index in [1.165, 1.54) is 0 Å². The van der Waals surface area contributed by atoms with Crippen molar-refractivity contribution in [2.45, 2.75) is 25.4 Å². The van der Waals surface area contributed by atoms with Gasteiger partial charge in [0, 0.05) is 44.6 Å². The Morgan fingerprint density at radius 1 is 1.27 bits per heavy atom. The topological polar surface area (TPSA) is 74.9 Å². The van der Waals surface area contributed by atoms with Gasteiger partial charge in [-0.15, -0.1) is 0 Å². The first-order chi connectivity index (χ1) is 12.7. The summed E-state index contributed by atoms with van der Waals surface area (Å²) in [6.45, 7) is 7.15. The van der Waals surface area contributed by atoms with Crippen LogP contribution in [0.2, 0.25) is 0 Å². The number of nitrogens with zero attached hydrogens (tertiary/aromatic N) is 1. The number of morpholine rings is 1. The van der Waals surface area contributed by atoms with Crippen LogP contribution in [0.1, 0.15) is 24.9 Å². The van der Waals surface area contributed by atoms with Gasteiger partial charge in [0.05, 0.1) is 26.4 Å². The molecule has 0 saturated carbocycles. The van der Waals surface area contributed by atoms with E-state index in [9.17, 15) is 4.79 Å². The van der Waals surface area contributed by atoms with Gasteiger partial charge < -0.3 is 14.8 Å². The number of rotatable bonds is 7. The molecule has 2 aliphatic rings. The first kappa shape index (κ1) is 19.1. The summed E-state index contributed by atoms with van der Waals surface area (Å²) in [6.07, 6.45) is 0.501. The number of hydrogen-bond donors (Lipinski definition) is 3. The predicted molar refractivity (Wildman–Crippen MR) is 99.8 cm³/mol. The quantitative estimate of drug-likeness (QED) is 0.663. The number of ether oxygens (including phenoxy) is 2. The molecule has 1 amide bonds. The molecule has 2 fully saturated rings. The summed E-state index contributed by atoms with van der Waals surface area (Å²) >= 11 is 0. The zero-order valence-corrected chi connectivity index (χ0v) is 15.7. The zero-order chi connectivity index (χ0) is 18.4. The lowest BCUT2D eigenvalue weighted by atomic mass is 9.87. The maximum absolute atomic E-state index is 12.4. The van der Waals surface area contributed by atoms with Crippen molar-refractivity contribution in [2.24, 2.45) is 5.92 Å². The Bertz CT molecular complexity index is 575. The maximum Gasteiger partial charge on any atom is 0.220 e. The SMILES string of the molecule is COc1ccc(C2NNC(C)C2CC(=O)NCCN2CCOCC2)cc1. The van der Waals surface area contributed by atoms with Crippen LogP contribution in [0, 0.1) is 5.92 Å². The molecule has 2 heterocycles. The van der Waals surface area contributed by atoms with Gasteiger partial charge in [0.15, 0.2) is 0 Å². The summed E-state index contributed by atoms with van der Waals surface area (Å²) in [4.78, 5) is 14.8. The Labute approximate surface area is 155 Å². The van der Waals surface area contributed by atoms with Crippen LogP contribution in [-0.4, -0.2) is 63.4 Å². The molecule has 0 spiro atoms. The summed E-state index contributed by atoms with van der Waals surface area (Å²) in [5, 5.41) is 3.07. The summed E-state index contributed by atoms with van der Waals surface area (Å²) in [6, 6.07) is 8.37. The lowest BCUT2D eigenvalue weighted by Gasteiger charge is -2.26. The number of hydrazine groups is 1. The highest BCUT2D eigenvalue weighted by atomic mass is 16.5. The van der Waals surface area contributed by atoms with E-state index in [4.69, 9.17) is 9.47 Å². The second-order valence-electron chi connectivity index (χ2n) is 7.00. The van der Waals surface area contributed by atoms with Crippen molar-refractivity contribution in [3.05, 3.63) is 29.8 Å². The van der Waals surface area contributed by atoms with E-state index in [0.29, 0.717) is 13.0 Å². The van der Waals surface area contributed by atoms with Crippen molar-refractivity contribution in [3.63, 3.8) is 0 Å². The highest BCUT2D eigenvalue weighted by Crippen LogP contribution is 2.32. The van der Waals surface area contributed by atoms with Crippen LogP contribution in [0.25, 0.3) is 0 Å². The average Bonchev–Trinajstić information content (AvgIpc) is 3.03. The summed E-state index contributed by atoms with van der Waals surface area (Å²) in [5.74, 6) is 1.15. The predicted octanol–water partition coefficient (Wildman–Crippen LogP) is 0.687. The lowest BCUT2D eigenvalue weighted by molar-refractivity contribution is -0.122. The number of hydrogen-bond acceptors (Lipinski definition) is 6. The molecule has 7 heteroatoms. The molecule has 3 atom stereocenters. The second-order valence-corrected chi connectivity index (χ2v) is 7.00. The monoisotopic (exact) mass is 362 g/mol. The van der Waals surface area contributed by atoms with E-state index in [1.54, 1.807) is 7.11 Å². The molecule has 2 aliphatic heterocycles. The Morgan fingerprint density at radius 2 is 2.00 bits per heavy atom. The van der Waals surface area contributed by atoms with Crippen molar-refractivity contribution in [1.29, 1.82) is 0 Å². The molecule has 144 valence electrons. The third-order valence-corrected chi connectivity index (χ3v) is 5.29. The molecule has 2 saturated heterocycles. The normalized spacial score (nSPS) is 26.6. The molecule has 3 rings (SSSR count). The van der Waals surface area contributed by atoms with Crippen molar-refractivity contribution < 1.29 is 14.3 Å². The minimum atomic E-state index is 0.110. The van der Waals surface area contributed by atoms with Gasteiger partial charge in [-0.2, -0.15) is 0 Å². The molecule has 0 aromatic heterocycles. The van der Waals surface area contributed by atoms with Crippen molar-refractivity contribution in [1.82, 2.24) is 21.1 Å². The van der Waals surface area contributed by atoms with Gasteiger partial charge >= 0.3 is 0 Å². The van der Waals surface area contributed by atoms with E-state index >= 15 is 0 Å². The Morgan fingerprint density at radius 3 is 2.69 bits per heavy atom. The standard InChI is InChI=1S/C19H30N4O3/c1-14-17(13-18(24)20-7-8-23-9-11-26-12-10-23)19(22-21-14)15-3-5-16(25-2)6-4-15/h3-6,14,17,19,21-22H,7-13H2,1-2H3,(H,20,24). The molecular formula is C19H30N4O3. The van der Waals surface area contributed by atoms with E-state index in [-0.39, 0.29) is 23.9 Å². The number of nitrogens with one attached hydrogen (secondary N) is 3. The van der Waals surface area contributed by atoms with E-state index in [0.717, 1.165) is 44.2 Å². The molecule has 3 N–H and O–H groups in total. The number of methoxy groups -OCH3 is 1. The summed E-state index contributed by atoms with van der Waals surface area (Å²) in [7, 11) is 1.66. The van der Waals surface area contributed by atoms with Gasteiger partial charge in [0.25, 0.3) is 0 Å². The summed E-state index contributed by atoms with van der Waals surface area (Å²) < 4.78 is 10.6. The van der Waals surface area contributed by atoms with Crippen LogP contribution in [0.3, 0.4) is 0 Å². The fraction of sp³-hybridized carbons (Fsp3) is 0.632. The third kappa shape index (κ3) is 4.94. The molecule has 0 aliphatic carbocycles. The Balaban J connectivity index is 1.49. The van der Waals surface area contributed by atoms with Crippen molar-refractivity contribution in [2.75, 3.05) is 46.5 Å².